The monoisotopic (exact) mass is 425 g/mol. The van der Waals surface area contributed by atoms with Gasteiger partial charge in [0.05, 0.1) is 11.3 Å². The summed E-state index contributed by atoms with van der Waals surface area (Å²) in [5.74, 6) is 0.676. The molecular formula is C23H27N3O3S. The number of nitrogens with one attached hydrogen (secondary N) is 1. The van der Waals surface area contributed by atoms with E-state index < -0.39 is 5.97 Å². The molecule has 0 aliphatic carbocycles. The van der Waals surface area contributed by atoms with E-state index in [1.807, 2.05) is 31.2 Å². The zero-order valence-electron chi connectivity index (χ0n) is 17.6. The van der Waals surface area contributed by atoms with E-state index in [1.54, 1.807) is 18.4 Å². The van der Waals surface area contributed by atoms with Crippen molar-refractivity contribution in [2.45, 2.75) is 39.5 Å². The lowest BCUT2D eigenvalue weighted by molar-refractivity contribution is -0.136. The van der Waals surface area contributed by atoms with Gasteiger partial charge < -0.3 is 15.2 Å². The van der Waals surface area contributed by atoms with Gasteiger partial charge in [0.15, 0.2) is 5.82 Å². The second kappa shape index (κ2) is 10.3. The van der Waals surface area contributed by atoms with Crippen LogP contribution in [0.3, 0.4) is 0 Å². The maximum absolute atomic E-state index is 10.9. The van der Waals surface area contributed by atoms with Crippen molar-refractivity contribution in [2.24, 2.45) is 0 Å². The zero-order valence-corrected chi connectivity index (χ0v) is 18.4. The summed E-state index contributed by atoms with van der Waals surface area (Å²) in [6.07, 6.45) is 2.81. The smallest absolute Gasteiger partial charge is 0.307 e. The molecule has 6 nitrogen and oxygen atoms in total. The second-order valence-corrected chi connectivity index (χ2v) is 8.24. The minimum absolute atomic E-state index is 0.0162. The van der Waals surface area contributed by atoms with Crippen molar-refractivity contribution in [3.63, 3.8) is 0 Å². The van der Waals surface area contributed by atoms with Crippen LogP contribution in [0.4, 0.5) is 11.5 Å². The number of aryl methyl sites for hydroxylation is 2. The Morgan fingerprint density at radius 3 is 2.60 bits per heavy atom. The van der Waals surface area contributed by atoms with Crippen LogP contribution in [-0.2, 0) is 28.8 Å². The third-order valence-electron chi connectivity index (χ3n) is 4.79. The Labute approximate surface area is 181 Å². The van der Waals surface area contributed by atoms with Crippen LogP contribution in [0.25, 0.3) is 10.7 Å². The molecule has 2 aromatic heterocycles. The summed E-state index contributed by atoms with van der Waals surface area (Å²) in [6, 6.07) is 11.6. The van der Waals surface area contributed by atoms with E-state index in [0.717, 1.165) is 64.9 Å². The molecule has 0 amide bonds. The van der Waals surface area contributed by atoms with E-state index in [9.17, 15) is 4.79 Å². The summed E-state index contributed by atoms with van der Waals surface area (Å²) in [5.41, 5.74) is 3.67. The van der Waals surface area contributed by atoms with Crippen LogP contribution in [0.1, 0.15) is 35.0 Å². The molecule has 158 valence electrons. The van der Waals surface area contributed by atoms with Gasteiger partial charge in [-0.3, -0.25) is 4.79 Å². The number of hydrogen-bond acceptors (Lipinski definition) is 6. The van der Waals surface area contributed by atoms with E-state index in [-0.39, 0.29) is 6.42 Å². The number of carboxylic acid groups (broad SMARTS) is 1. The molecule has 7 heteroatoms. The van der Waals surface area contributed by atoms with Crippen molar-refractivity contribution >= 4 is 28.8 Å². The number of methoxy groups -OCH3 is 1. The largest absolute Gasteiger partial charge is 0.481 e. The van der Waals surface area contributed by atoms with Crippen molar-refractivity contribution < 1.29 is 14.6 Å². The van der Waals surface area contributed by atoms with Gasteiger partial charge in [-0.1, -0.05) is 19.1 Å². The zero-order chi connectivity index (χ0) is 21.5. The molecule has 30 heavy (non-hydrogen) atoms. The number of hydrogen-bond donors (Lipinski definition) is 2. The van der Waals surface area contributed by atoms with Crippen LogP contribution in [0, 0.1) is 6.92 Å². The Morgan fingerprint density at radius 1 is 1.17 bits per heavy atom. The van der Waals surface area contributed by atoms with Gasteiger partial charge in [0, 0.05) is 35.5 Å². The van der Waals surface area contributed by atoms with Crippen molar-refractivity contribution in [1.29, 1.82) is 0 Å². The second-order valence-electron chi connectivity index (χ2n) is 7.07. The number of rotatable bonds is 10. The molecule has 0 aliphatic heterocycles. The number of carboxylic acids is 1. The Bertz CT molecular complexity index is 999. The summed E-state index contributed by atoms with van der Waals surface area (Å²) in [4.78, 5) is 22.8. The summed E-state index contributed by atoms with van der Waals surface area (Å²) in [7, 11) is 1.72. The van der Waals surface area contributed by atoms with Gasteiger partial charge in [-0.25, -0.2) is 9.97 Å². The summed E-state index contributed by atoms with van der Waals surface area (Å²) in [5, 5.41) is 12.3. The topological polar surface area (TPSA) is 84.3 Å². The Hall–Kier alpha value is -2.77. The number of aliphatic carboxylic acids is 1. The predicted octanol–water partition coefficient (Wildman–Crippen LogP) is 5.03. The normalized spacial score (nSPS) is 10.9. The van der Waals surface area contributed by atoms with Gasteiger partial charge >= 0.3 is 5.97 Å². The van der Waals surface area contributed by atoms with Crippen LogP contribution in [-0.4, -0.2) is 34.8 Å². The maximum Gasteiger partial charge on any atom is 0.307 e. The molecule has 0 saturated heterocycles. The number of thiophene rings is 1. The fraction of sp³-hybridized carbons (Fsp3) is 0.348. The van der Waals surface area contributed by atoms with Crippen LogP contribution in [0.15, 0.2) is 36.4 Å². The van der Waals surface area contributed by atoms with Gasteiger partial charge in [-0.2, -0.15) is 0 Å². The molecule has 0 spiro atoms. The number of nitrogens with zero attached hydrogens (tertiary/aromatic N) is 2. The number of carbonyl (C=O) groups is 1. The molecule has 2 N–H and O–H groups in total. The molecule has 0 bridgehead atoms. The number of aromatic nitrogens is 2. The SMILES string of the molecule is CCc1c(C)nc(-c2ccc(CCCOC)s2)nc1Nc1ccc(CC(=O)O)cc1. The fourth-order valence-corrected chi connectivity index (χ4v) is 4.26. The van der Waals surface area contributed by atoms with Crippen molar-refractivity contribution in [3.05, 3.63) is 58.1 Å². The molecule has 0 radical (unpaired) electrons. The fourth-order valence-electron chi connectivity index (χ4n) is 3.27. The standard InChI is InChI=1S/C23H27N3O3S/c1-4-19-15(2)24-23(20-12-11-18(30-20)6-5-13-29-3)26-22(19)25-17-9-7-16(8-10-17)14-21(27)28/h7-12H,4-6,13-14H2,1-3H3,(H,27,28)(H,24,25,26). The Balaban J connectivity index is 1.84. The average Bonchev–Trinajstić information content (AvgIpc) is 3.18. The average molecular weight is 426 g/mol. The van der Waals surface area contributed by atoms with Crippen molar-refractivity contribution in [1.82, 2.24) is 9.97 Å². The highest BCUT2D eigenvalue weighted by Gasteiger charge is 2.14. The van der Waals surface area contributed by atoms with Crippen LogP contribution in [0.2, 0.25) is 0 Å². The first-order valence-electron chi connectivity index (χ1n) is 10.0. The molecule has 0 unspecified atom stereocenters. The number of ether oxygens (including phenoxy) is 1. The van der Waals surface area contributed by atoms with Crippen LogP contribution in [0.5, 0.6) is 0 Å². The summed E-state index contributed by atoms with van der Waals surface area (Å²) in [6.45, 7) is 4.86. The molecule has 0 saturated carbocycles. The summed E-state index contributed by atoms with van der Waals surface area (Å²) < 4.78 is 5.14. The van der Waals surface area contributed by atoms with Gasteiger partial charge in [0.2, 0.25) is 0 Å². The third-order valence-corrected chi connectivity index (χ3v) is 5.93. The molecule has 3 aromatic rings. The third kappa shape index (κ3) is 5.64. The molecule has 2 heterocycles. The first-order valence-corrected chi connectivity index (χ1v) is 10.8. The maximum atomic E-state index is 10.9. The van der Waals surface area contributed by atoms with Crippen molar-refractivity contribution in [3.8, 4) is 10.7 Å². The van der Waals surface area contributed by atoms with Gasteiger partial charge in [-0.05, 0) is 56.0 Å². The number of anilines is 2. The highest BCUT2D eigenvalue weighted by molar-refractivity contribution is 7.15. The van der Waals surface area contributed by atoms with Gasteiger partial charge in [0.25, 0.3) is 0 Å². The van der Waals surface area contributed by atoms with Crippen LogP contribution >= 0.6 is 11.3 Å². The Kier molecular flexibility index (Phi) is 7.54. The predicted molar refractivity (Wildman–Crippen MR) is 121 cm³/mol. The summed E-state index contributed by atoms with van der Waals surface area (Å²) >= 11 is 1.72. The van der Waals surface area contributed by atoms with Crippen LogP contribution < -0.4 is 5.32 Å². The minimum atomic E-state index is -0.836. The van der Waals surface area contributed by atoms with Crippen molar-refractivity contribution in [2.75, 3.05) is 19.0 Å². The highest BCUT2D eigenvalue weighted by atomic mass is 32.1. The molecule has 0 aliphatic rings. The highest BCUT2D eigenvalue weighted by Crippen LogP contribution is 2.30. The van der Waals surface area contributed by atoms with E-state index in [4.69, 9.17) is 19.8 Å². The number of benzene rings is 1. The molecule has 0 fully saturated rings. The minimum Gasteiger partial charge on any atom is -0.481 e. The lowest BCUT2D eigenvalue weighted by atomic mass is 10.1. The first-order chi connectivity index (χ1) is 14.5. The first kappa shape index (κ1) is 21.9. The molecule has 1 aromatic carbocycles. The van der Waals surface area contributed by atoms with E-state index >= 15 is 0 Å². The van der Waals surface area contributed by atoms with Gasteiger partial charge in [0.1, 0.15) is 5.82 Å². The lowest BCUT2D eigenvalue weighted by Gasteiger charge is -2.14. The lowest BCUT2D eigenvalue weighted by Crippen LogP contribution is -2.05. The van der Waals surface area contributed by atoms with E-state index in [2.05, 4.69) is 24.4 Å². The Morgan fingerprint density at radius 2 is 1.93 bits per heavy atom. The van der Waals surface area contributed by atoms with E-state index in [0.29, 0.717) is 0 Å². The van der Waals surface area contributed by atoms with Gasteiger partial charge in [-0.15, -0.1) is 11.3 Å². The van der Waals surface area contributed by atoms with E-state index in [1.165, 1.54) is 4.88 Å². The molecule has 0 atom stereocenters. The molecular weight excluding hydrogens is 398 g/mol. The molecule has 3 rings (SSSR count). The quantitative estimate of drug-likeness (QED) is 0.444.